The maximum Gasteiger partial charge on any atom is 0.146 e. The predicted octanol–water partition coefficient (Wildman–Crippen LogP) is 2.80. The SMILES string of the molecule is CC(Oc1ccncc1N)c1ccccc1. The van der Waals surface area contributed by atoms with Crippen LogP contribution in [-0.2, 0) is 0 Å². The highest BCUT2D eigenvalue weighted by Crippen LogP contribution is 2.25. The van der Waals surface area contributed by atoms with Gasteiger partial charge < -0.3 is 10.5 Å². The Morgan fingerprint density at radius 1 is 1.19 bits per heavy atom. The van der Waals surface area contributed by atoms with E-state index in [0.29, 0.717) is 11.4 Å². The second kappa shape index (κ2) is 4.66. The molecule has 0 fully saturated rings. The zero-order valence-electron chi connectivity index (χ0n) is 9.13. The third-order valence-electron chi connectivity index (χ3n) is 2.38. The van der Waals surface area contributed by atoms with Crippen LogP contribution in [0.4, 0.5) is 5.69 Å². The van der Waals surface area contributed by atoms with Crippen LogP contribution in [0.5, 0.6) is 5.75 Å². The van der Waals surface area contributed by atoms with E-state index in [2.05, 4.69) is 4.98 Å². The van der Waals surface area contributed by atoms with Crippen LogP contribution in [0, 0.1) is 0 Å². The molecular formula is C13H14N2O. The molecule has 3 nitrogen and oxygen atoms in total. The fourth-order valence-corrected chi connectivity index (χ4v) is 1.48. The molecule has 0 amide bonds. The van der Waals surface area contributed by atoms with E-state index < -0.39 is 0 Å². The molecule has 2 aromatic rings. The molecule has 0 aliphatic carbocycles. The number of nitrogens with zero attached hydrogens (tertiary/aromatic N) is 1. The van der Waals surface area contributed by atoms with Crippen molar-refractivity contribution >= 4 is 5.69 Å². The Morgan fingerprint density at radius 3 is 2.62 bits per heavy atom. The van der Waals surface area contributed by atoms with Gasteiger partial charge in [0.05, 0.1) is 11.9 Å². The monoisotopic (exact) mass is 214 g/mol. The predicted molar refractivity (Wildman–Crippen MR) is 64.1 cm³/mol. The Kier molecular flexibility index (Phi) is 3.05. The van der Waals surface area contributed by atoms with Crippen LogP contribution in [0.25, 0.3) is 0 Å². The van der Waals surface area contributed by atoms with E-state index >= 15 is 0 Å². The minimum Gasteiger partial charge on any atom is -0.484 e. The topological polar surface area (TPSA) is 48.1 Å². The molecule has 0 bridgehead atoms. The zero-order chi connectivity index (χ0) is 11.4. The molecule has 1 aromatic carbocycles. The van der Waals surface area contributed by atoms with Gasteiger partial charge in [0.1, 0.15) is 11.9 Å². The number of benzene rings is 1. The van der Waals surface area contributed by atoms with Crippen molar-refractivity contribution in [1.29, 1.82) is 0 Å². The van der Waals surface area contributed by atoms with Crippen molar-refractivity contribution in [2.75, 3.05) is 5.73 Å². The average Bonchev–Trinajstić information content (AvgIpc) is 2.33. The number of rotatable bonds is 3. The number of hydrogen-bond acceptors (Lipinski definition) is 3. The molecule has 1 atom stereocenters. The van der Waals surface area contributed by atoms with E-state index in [-0.39, 0.29) is 6.10 Å². The van der Waals surface area contributed by atoms with E-state index in [0.717, 1.165) is 5.56 Å². The number of nitrogens with two attached hydrogens (primary N) is 1. The van der Waals surface area contributed by atoms with Gasteiger partial charge >= 0.3 is 0 Å². The summed E-state index contributed by atoms with van der Waals surface area (Å²) in [7, 11) is 0. The number of anilines is 1. The lowest BCUT2D eigenvalue weighted by molar-refractivity contribution is 0.228. The lowest BCUT2D eigenvalue weighted by Crippen LogP contribution is -2.04. The third kappa shape index (κ3) is 2.31. The lowest BCUT2D eigenvalue weighted by atomic mass is 10.1. The molecule has 1 heterocycles. The van der Waals surface area contributed by atoms with Crippen molar-refractivity contribution < 1.29 is 4.74 Å². The van der Waals surface area contributed by atoms with E-state index in [1.54, 1.807) is 18.5 Å². The number of hydrogen-bond donors (Lipinski definition) is 1. The standard InChI is InChI=1S/C13H14N2O/c1-10(11-5-3-2-4-6-11)16-13-7-8-15-9-12(13)14/h2-10H,14H2,1H3. The summed E-state index contributed by atoms with van der Waals surface area (Å²) in [5, 5.41) is 0. The second-order valence-corrected chi connectivity index (χ2v) is 3.58. The summed E-state index contributed by atoms with van der Waals surface area (Å²) in [5.74, 6) is 0.673. The molecule has 82 valence electrons. The van der Waals surface area contributed by atoms with Gasteiger partial charge in [-0.15, -0.1) is 0 Å². The third-order valence-corrected chi connectivity index (χ3v) is 2.38. The van der Waals surface area contributed by atoms with Crippen molar-refractivity contribution in [1.82, 2.24) is 4.98 Å². The van der Waals surface area contributed by atoms with Crippen LogP contribution in [0.2, 0.25) is 0 Å². The van der Waals surface area contributed by atoms with Crippen molar-refractivity contribution in [3.05, 3.63) is 54.4 Å². The fourth-order valence-electron chi connectivity index (χ4n) is 1.48. The van der Waals surface area contributed by atoms with Crippen LogP contribution in [-0.4, -0.2) is 4.98 Å². The molecule has 0 aliphatic rings. The van der Waals surface area contributed by atoms with Gasteiger partial charge in [-0.3, -0.25) is 4.98 Å². The highest BCUT2D eigenvalue weighted by Gasteiger charge is 2.08. The molecule has 16 heavy (non-hydrogen) atoms. The first-order valence-electron chi connectivity index (χ1n) is 5.18. The van der Waals surface area contributed by atoms with Gasteiger partial charge in [-0.05, 0) is 12.5 Å². The van der Waals surface area contributed by atoms with Crippen LogP contribution < -0.4 is 10.5 Å². The fraction of sp³-hybridized carbons (Fsp3) is 0.154. The minimum absolute atomic E-state index is 0.0223. The Hall–Kier alpha value is -2.03. The van der Waals surface area contributed by atoms with E-state index in [9.17, 15) is 0 Å². The van der Waals surface area contributed by atoms with Gasteiger partial charge in [0.15, 0.2) is 0 Å². The number of ether oxygens (including phenoxy) is 1. The molecule has 0 aliphatic heterocycles. The normalized spacial score (nSPS) is 12.1. The summed E-state index contributed by atoms with van der Waals surface area (Å²) in [6.45, 7) is 2.00. The number of pyridine rings is 1. The molecule has 1 unspecified atom stereocenters. The quantitative estimate of drug-likeness (QED) is 0.854. The summed E-state index contributed by atoms with van der Waals surface area (Å²) in [6, 6.07) is 11.8. The van der Waals surface area contributed by atoms with Crippen LogP contribution in [0.3, 0.4) is 0 Å². The molecule has 1 aromatic heterocycles. The van der Waals surface area contributed by atoms with E-state index in [4.69, 9.17) is 10.5 Å². The van der Waals surface area contributed by atoms with Crippen molar-refractivity contribution in [3.8, 4) is 5.75 Å². The van der Waals surface area contributed by atoms with Gasteiger partial charge in [-0.2, -0.15) is 0 Å². The maximum absolute atomic E-state index is 5.77. The molecule has 0 radical (unpaired) electrons. The second-order valence-electron chi connectivity index (χ2n) is 3.58. The summed E-state index contributed by atoms with van der Waals surface area (Å²) in [5.41, 5.74) is 7.44. The lowest BCUT2D eigenvalue weighted by Gasteiger charge is -2.15. The first-order chi connectivity index (χ1) is 7.77. The summed E-state index contributed by atoms with van der Waals surface area (Å²) in [4.78, 5) is 3.92. The Balaban J connectivity index is 2.14. The molecule has 2 rings (SSSR count). The van der Waals surface area contributed by atoms with Gasteiger partial charge in [0, 0.05) is 12.3 Å². The first-order valence-corrected chi connectivity index (χ1v) is 5.18. The first kappa shape index (κ1) is 10.5. The van der Waals surface area contributed by atoms with Crippen LogP contribution in [0.15, 0.2) is 48.8 Å². The Labute approximate surface area is 94.9 Å². The van der Waals surface area contributed by atoms with Crippen LogP contribution in [0.1, 0.15) is 18.6 Å². The Morgan fingerprint density at radius 2 is 1.94 bits per heavy atom. The van der Waals surface area contributed by atoms with Crippen molar-refractivity contribution in [2.24, 2.45) is 0 Å². The smallest absolute Gasteiger partial charge is 0.146 e. The molecule has 2 N–H and O–H groups in total. The molecule has 3 heteroatoms. The highest BCUT2D eigenvalue weighted by atomic mass is 16.5. The summed E-state index contributed by atoms with van der Waals surface area (Å²) < 4.78 is 5.77. The zero-order valence-corrected chi connectivity index (χ0v) is 9.13. The number of aromatic nitrogens is 1. The van der Waals surface area contributed by atoms with Crippen LogP contribution >= 0.6 is 0 Å². The van der Waals surface area contributed by atoms with Crippen molar-refractivity contribution in [2.45, 2.75) is 13.0 Å². The van der Waals surface area contributed by atoms with E-state index in [1.165, 1.54) is 0 Å². The maximum atomic E-state index is 5.77. The highest BCUT2D eigenvalue weighted by molar-refractivity contribution is 5.49. The molecule has 0 saturated heterocycles. The summed E-state index contributed by atoms with van der Waals surface area (Å²) in [6.07, 6.45) is 3.24. The van der Waals surface area contributed by atoms with Crippen molar-refractivity contribution in [3.63, 3.8) is 0 Å². The summed E-state index contributed by atoms with van der Waals surface area (Å²) >= 11 is 0. The minimum atomic E-state index is -0.0223. The number of nitrogen functional groups attached to an aromatic ring is 1. The Bertz CT molecular complexity index is 456. The van der Waals surface area contributed by atoms with Gasteiger partial charge in [0.2, 0.25) is 0 Å². The van der Waals surface area contributed by atoms with Gasteiger partial charge in [-0.1, -0.05) is 30.3 Å². The molecule has 0 saturated carbocycles. The average molecular weight is 214 g/mol. The van der Waals surface area contributed by atoms with E-state index in [1.807, 2.05) is 37.3 Å². The molecule has 0 spiro atoms. The largest absolute Gasteiger partial charge is 0.484 e. The van der Waals surface area contributed by atoms with Gasteiger partial charge in [0.25, 0.3) is 0 Å². The van der Waals surface area contributed by atoms with Gasteiger partial charge in [-0.25, -0.2) is 0 Å². The molecular weight excluding hydrogens is 200 g/mol.